The molecule has 0 aliphatic rings. The first kappa shape index (κ1) is 13.4. The number of rotatable bonds is 5. The van der Waals surface area contributed by atoms with E-state index in [4.69, 9.17) is 9.47 Å². The second-order valence-electron chi connectivity index (χ2n) is 4.09. The smallest absolute Gasteiger partial charge is 0.224 e. The first-order valence-electron chi connectivity index (χ1n) is 5.57. The third-order valence-corrected chi connectivity index (χ3v) is 2.26. The van der Waals surface area contributed by atoms with Gasteiger partial charge in [-0.25, -0.2) is 0 Å². The highest BCUT2D eigenvalue weighted by Gasteiger charge is 2.08. The van der Waals surface area contributed by atoms with Gasteiger partial charge in [-0.2, -0.15) is 0 Å². The number of methoxy groups -OCH3 is 2. The lowest BCUT2D eigenvalue weighted by Gasteiger charge is -2.11. The summed E-state index contributed by atoms with van der Waals surface area (Å²) < 4.78 is 10.3. The van der Waals surface area contributed by atoms with Crippen molar-refractivity contribution in [3.63, 3.8) is 0 Å². The zero-order valence-corrected chi connectivity index (χ0v) is 10.7. The van der Waals surface area contributed by atoms with Gasteiger partial charge in [0.05, 0.1) is 20.6 Å². The molecule has 94 valence electrons. The van der Waals surface area contributed by atoms with Crippen LogP contribution in [-0.4, -0.2) is 26.2 Å². The van der Waals surface area contributed by atoms with Crippen molar-refractivity contribution in [1.82, 2.24) is 5.32 Å². The van der Waals surface area contributed by atoms with Crippen LogP contribution in [0.5, 0.6) is 11.5 Å². The van der Waals surface area contributed by atoms with Crippen LogP contribution in [-0.2, 0) is 11.2 Å². The Balaban J connectivity index is 2.75. The Morgan fingerprint density at radius 1 is 1.24 bits per heavy atom. The monoisotopic (exact) mass is 237 g/mol. The quantitative estimate of drug-likeness (QED) is 0.849. The molecule has 0 unspecified atom stereocenters. The van der Waals surface area contributed by atoms with Crippen molar-refractivity contribution in [2.45, 2.75) is 26.3 Å². The van der Waals surface area contributed by atoms with E-state index in [0.717, 1.165) is 5.56 Å². The van der Waals surface area contributed by atoms with E-state index >= 15 is 0 Å². The van der Waals surface area contributed by atoms with Gasteiger partial charge in [0.25, 0.3) is 0 Å². The Morgan fingerprint density at radius 3 is 2.41 bits per heavy atom. The summed E-state index contributed by atoms with van der Waals surface area (Å²) in [5.41, 5.74) is 0.904. The number of benzene rings is 1. The average Bonchev–Trinajstić information content (AvgIpc) is 2.27. The molecule has 0 heterocycles. The molecule has 4 heteroatoms. The number of amides is 1. The summed E-state index contributed by atoms with van der Waals surface area (Å²) in [6.07, 6.45) is 0.346. The van der Waals surface area contributed by atoms with Crippen LogP contribution in [0, 0.1) is 0 Å². The van der Waals surface area contributed by atoms with Crippen LogP contribution in [0.25, 0.3) is 0 Å². The van der Waals surface area contributed by atoms with Gasteiger partial charge in [0.1, 0.15) is 0 Å². The Labute approximate surface area is 102 Å². The van der Waals surface area contributed by atoms with Gasteiger partial charge in [0.2, 0.25) is 5.91 Å². The summed E-state index contributed by atoms with van der Waals surface area (Å²) in [6, 6.07) is 5.64. The molecule has 1 rings (SSSR count). The minimum absolute atomic E-state index is 0.00669. The van der Waals surface area contributed by atoms with Gasteiger partial charge in [-0.1, -0.05) is 6.07 Å². The number of hydrogen-bond donors (Lipinski definition) is 1. The topological polar surface area (TPSA) is 47.6 Å². The molecule has 0 spiro atoms. The van der Waals surface area contributed by atoms with Gasteiger partial charge >= 0.3 is 0 Å². The molecule has 0 fully saturated rings. The van der Waals surface area contributed by atoms with E-state index in [1.165, 1.54) is 0 Å². The maximum Gasteiger partial charge on any atom is 0.224 e. The molecule has 0 radical (unpaired) electrons. The van der Waals surface area contributed by atoms with Gasteiger partial charge in [-0.05, 0) is 31.5 Å². The number of carbonyl (C=O) groups excluding carboxylic acids is 1. The average molecular weight is 237 g/mol. The molecular weight excluding hydrogens is 218 g/mol. The minimum Gasteiger partial charge on any atom is -0.493 e. The third-order valence-electron chi connectivity index (χ3n) is 2.26. The number of ether oxygens (including phenoxy) is 2. The predicted molar refractivity (Wildman–Crippen MR) is 66.5 cm³/mol. The van der Waals surface area contributed by atoms with Crippen molar-refractivity contribution in [3.05, 3.63) is 23.8 Å². The summed E-state index contributed by atoms with van der Waals surface area (Å²) in [5, 5.41) is 2.85. The summed E-state index contributed by atoms with van der Waals surface area (Å²) >= 11 is 0. The van der Waals surface area contributed by atoms with E-state index in [2.05, 4.69) is 5.32 Å². The van der Waals surface area contributed by atoms with Crippen LogP contribution in [0.2, 0.25) is 0 Å². The van der Waals surface area contributed by atoms with Crippen molar-refractivity contribution >= 4 is 5.91 Å². The van der Waals surface area contributed by atoms with Crippen LogP contribution in [0.15, 0.2) is 18.2 Å². The highest BCUT2D eigenvalue weighted by Crippen LogP contribution is 2.27. The Morgan fingerprint density at radius 2 is 1.88 bits per heavy atom. The van der Waals surface area contributed by atoms with Gasteiger partial charge < -0.3 is 14.8 Å². The summed E-state index contributed by atoms with van der Waals surface area (Å²) in [4.78, 5) is 11.6. The maximum atomic E-state index is 11.6. The second kappa shape index (κ2) is 6.13. The summed E-state index contributed by atoms with van der Waals surface area (Å²) in [7, 11) is 3.17. The van der Waals surface area contributed by atoms with Crippen molar-refractivity contribution in [2.75, 3.05) is 14.2 Å². The lowest BCUT2D eigenvalue weighted by Crippen LogP contribution is -2.31. The third kappa shape index (κ3) is 3.98. The molecule has 0 saturated carbocycles. The molecule has 0 atom stereocenters. The van der Waals surface area contributed by atoms with E-state index in [-0.39, 0.29) is 11.9 Å². The lowest BCUT2D eigenvalue weighted by molar-refractivity contribution is -0.120. The second-order valence-corrected chi connectivity index (χ2v) is 4.09. The fraction of sp³-hybridized carbons (Fsp3) is 0.462. The van der Waals surface area contributed by atoms with Crippen LogP contribution in [0.3, 0.4) is 0 Å². The molecule has 1 aromatic carbocycles. The van der Waals surface area contributed by atoms with Crippen LogP contribution in [0.4, 0.5) is 0 Å². The molecule has 1 aromatic rings. The SMILES string of the molecule is COc1ccc(CC(=O)NC(C)C)cc1OC. The highest BCUT2D eigenvalue weighted by atomic mass is 16.5. The molecule has 0 aromatic heterocycles. The number of hydrogen-bond acceptors (Lipinski definition) is 3. The van der Waals surface area contributed by atoms with Crippen molar-refractivity contribution < 1.29 is 14.3 Å². The molecule has 1 amide bonds. The minimum atomic E-state index is 0.00669. The predicted octanol–water partition coefficient (Wildman–Crippen LogP) is 1.77. The maximum absolute atomic E-state index is 11.6. The van der Waals surface area contributed by atoms with Crippen LogP contribution in [0.1, 0.15) is 19.4 Å². The Kier molecular flexibility index (Phi) is 4.82. The normalized spacial score (nSPS) is 10.2. The molecule has 0 bridgehead atoms. The van der Waals surface area contributed by atoms with Gasteiger partial charge in [0, 0.05) is 6.04 Å². The van der Waals surface area contributed by atoms with E-state index in [1.54, 1.807) is 20.3 Å². The van der Waals surface area contributed by atoms with E-state index < -0.39 is 0 Å². The molecule has 1 N–H and O–H groups in total. The van der Waals surface area contributed by atoms with Gasteiger partial charge in [-0.15, -0.1) is 0 Å². The summed E-state index contributed by atoms with van der Waals surface area (Å²) in [5.74, 6) is 1.31. The summed E-state index contributed by atoms with van der Waals surface area (Å²) in [6.45, 7) is 3.87. The molecule has 0 aliphatic carbocycles. The van der Waals surface area contributed by atoms with E-state index in [0.29, 0.717) is 17.9 Å². The van der Waals surface area contributed by atoms with Crippen LogP contribution >= 0.6 is 0 Å². The zero-order chi connectivity index (χ0) is 12.8. The van der Waals surface area contributed by atoms with Gasteiger partial charge in [0.15, 0.2) is 11.5 Å². The molecule has 17 heavy (non-hydrogen) atoms. The van der Waals surface area contributed by atoms with E-state index in [9.17, 15) is 4.79 Å². The largest absolute Gasteiger partial charge is 0.493 e. The fourth-order valence-corrected chi connectivity index (χ4v) is 1.55. The first-order valence-corrected chi connectivity index (χ1v) is 5.57. The molecule has 4 nitrogen and oxygen atoms in total. The van der Waals surface area contributed by atoms with Crippen molar-refractivity contribution in [2.24, 2.45) is 0 Å². The van der Waals surface area contributed by atoms with Gasteiger partial charge in [-0.3, -0.25) is 4.79 Å². The van der Waals surface area contributed by atoms with E-state index in [1.807, 2.05) is 26.0 Å². The lowest BCUT2D eigenvalue weighted by atomic mass is 10.1. The Hall–Kier alpha value is -1.71. The zero-order valence-electron chi connectivity index (χ0n) is 10.7. The Bertz CT molecular complexity index is 388. The number of carbonyl (C=O) groups is 1. The highest BCUT2D eigenvalue weighted by molar-refractivity contribution is 5.79. The molecular formula is C13H19NO3. The molecule has 0 saturated heterocycles. The van der Waals surface area contributed by atoms with Crippen LogP contribution < -0.4 is 14.8 Å². The van der Waals surface area contributed by atoms with Crippen molar-refractivity contribution in [3.8, 4) is 11.5 Å². The fourth-order valence-electron chi connectivity index (χ4n) is 1.55. The number of nitrogens with one attached hydrogen (secondary N) is 1. The standard InChI is InChI=1S/C13H19NO3/c1-9(2)14-13(15)8-10-5-6-11(16-3)12(7-10)17-4/h5-7,9H,8H2,1-4H3,(H,14,15). The van der Waals surface area contributed by atoms with Crippen molar-refractivity contribution in [1.29, 1.82) is 0 Å². The molecule has 0 aliphatic heterocycles. The first-order chi connectivity index (χ1) is 8.06.